The summed E-state index contributed by atoms with van der Waals surface area (Å²) in [6.07, 6.45) is 19.5. The molecule has 1 aliphatic carbocycles. The third-order valence-electron chi connectivity index (χ3n) is 12.2. The molecule has 0 spiro atoms. The number of amides is 1. The molecule has 0 fully saturated rings. The zero-order valence-corrected chi connectivity index (χ0v) is 45.7. The van der Waals surface area contributed by atoms with Crippen LogP contribution >= 0.6 is 0 Å². The largest absolute Gasteiger partial charge is 0.449 e. The van der Waals surface area contributed by atoms with Gasteiger partial charge in [0, 0.05) is 25.7 Å². The molecule has 16 heteroatoms. The Balaban J connectivity index is 0.878. The summed E-state index contributed by atoms with van der Waals surface area (Å²) in [7, 11) is 0. The zero-order chi connectivity index (χ0) is 52.1. The van der Waals surface area contributed by atoms with Gasteiger partial charge < -0.3 is 71.6 Å². The molecule has 0 bridgehead atoms. The summed E-state index contributed by atoms with van der Waals surface area (Å²) < 4.78 is 77.9. The maximum absolute atomic E-state index is 12.3. The summed E-state index contributed by atoms with van der Waals surface area (Å²) in [4.78, 5) is 12.3. The number of ether oxygens (including phenoxy) is 14. The Morgan fingerprint density at radius 1 is 0.338 bits per heavy atom. The van der Waals surface area contributed by atoms with Gasteiger partial charge in [0.2, 0.25) is 0 Å². The first-order valence-electron chi connectivity index (χ1n) is 28.4. The number of nitrogens with one attached hydrogen (secondary N) is 1. The molecular weight excluding hydrogens is 951 g/mol. The minimum atomic E-state index is -0.415. The highest BCUT2D eigenvalue weighted by Crippen LogP contribution is 2.44. The van der Waals surface area contributed by atoms with Crippen molar-refractivity contribution in [1.82, 2.24) is 5.32 Å². The van der Waals surface area contributed by atoms with E-state index in [9.17, 15) is 4.79 Å². The fourth-order valence-electron chi connectivity index (χ4n) is 8.15. The number of unbranched alkanes of at least 4 members (excludes halogenated alkanes) is 13. The molecule has 0 radical (unpaired) electrons. The average molecular weight is 1050 g/mol. The molecule has 1 N–H and O–H groups in total. The number of carbonyl (C=O) groups is 1. The molecule has 426 valence electrons. The lowest BCUT2D eigenvalue weighted by Gasteiger charge is -2.14. The Kier molecular flexibility index (Phi) is 45.1. The number of hydrogen-bond acceptors (Lipinski definition) is 15. The van der Waals surface area contributed by atoms with E-state index in [2.05, 4.69) is 36.5 Å². The van der Waals surface area contributed by atoms with E-state index >= 15 is 0 Å². The first kappa shape index (κ1) is 65.5. The quantitative estimate of drug-likeness (QED) is 0.0624. The lowest BCUT2D eigenvalue weighted by molar-refractivity contribution is -0.0290. The molecule has 1 amide bonds. The van der Waals surface area contributed by atoms with Gasteiger partial charge in [0.05, 0.1) is 159 Å². The second-order valence-electron chi connectivity index (χ2n) is 18.2. The van der Waals surface area contributed by atoms with E-state index in [0.29, 0.717) is 185 Å². The summed E-state index contributed by atoms with van der Waals surface area (Å²) in [5.74, 6) is 0.0468. The Hall–Kier alpha value is -2.81. The molecule has 1 aliphatic rings. The molecule has 0 atom stereocenters. The first-order chi connectivity index (χ1) is 36.8. The van der Waals surface area contributed by atoms with E-state index in [4.69, 9.17) is 66.3 Å². The summed E-state index contributed by atoms with van der Waals surface area (Å²) in [6.45, 7) is 16.7. The van der Waals surface area contributed by atoms with Crippen LogP contribution in [0.15, 0.2) is 48.5 Å². The lowest BCUT2D eigenvalue weighted by Crippen LogP contribution is -2.27. The smallest absolute Gasteiger partial charge is 0.407 e. The van der Waals surface area contributed by atoms with Crippen LogP contribution < -0.4 is 5.32 Å². The number of fused-ring (bicyclic) bond motifs is 3. The highest BCUT2D eigenvalue weighted by Gasteiger charge is 2.29. The number of rotatable bonds is 57. The van der Waals surface area contributed by atoms with Crippen molar-refractivity contribution in [2.75, 3.05) is 185 Å². The number of hydrogen-bond donors (Lipinski definition) is 1. The Morgan fingerprint density at radius 3 is 0.905 bits per heavy atom. The fraction of sp³-hybridized carbons (Fsp3) is 0.776. The molecule has 16 nitrogen and oxygen atoms in total. The van der Waals surface area contributed by atoms with Gasteiger partial charge in [-0.05, 0) is 35.1 Å². The lowest BCUT2D eigenvalue weighted by atomic mass is 9.98. The van der Waals surface area contributed by atoms with Gasteiger partial charge >= 0.3 is 6.09 Å². The van der Waals surface area contributed by atoms with E-state index in [1.165, 1.54) is 106 Å². The van der Waals surface area contributed by atoms with Gasteiger partial charge in [0.25, 0.3) is 0 Å². The molecule has 2 aromatic rings. The van der Waals surface area contributed by atoms with Crippen LogP contribution in [0.2, 0.25) is 0 Å². The van der Waals surface area contributed by atoms with Gasteiger partial charge in [-0.1, -0.05) is 139 Å². The van der Waals surface area contributed by atoms with Crippen molar-refractivity contribution in [2.24, 2.45) is 0 Å². The van der Waals surface area contributed by atoms with Crippen LogP contribution in [-0.2, 0) is 66.3 Å². The standard InChI is InChI=1S/C58H99NO15/c1-2-3-4-5-6-7-8-9-10-11-12-13-14-19-26-61-28-30-63-32-34-65-36-38-67-40-42-69-44-46-71-48-50-73-51-49-72-47-45-70-43-41-68-39-37-66-35-33-64-31-29-62-27-20-25-59-58(60)74-52-57-55-23-17-15-21-53(55)54-22-16-18-24-56(54)57/h15-18,21-24,57H,2-14,19-20,25-52H2,1H3,(H,59,60). The van der Waals surface area contributed by atoms with Crippen molar-refractivity contribution in [2.45, 2.75) is 109 Å². The zero-order valence-electron chi connectivity index (χ0n) is 45.7. The van der Waals surface area contributed by atoms with E-state index in [1.807, 2.05) is 24.3 Å². The predicted molar refractivity (Wildman–Crippen MR) is 289 cm³/mol. The molecule has 0 saturated carbocycles. The van der Waals surface area contributed by atoms with Gasteiger partial charge in [-0.2, -0.15) is 0 Å². The van der Waals surface area contributed by atoms with Crippen molar-refractivity contribution in [3.8, 4) is 11.1 Å². The van der Waals surface area contributed by atoms with Crippen molar-refractivity contribution < 1.29 is 71.1 Å². The van der Waals surface area contributed by atoms with Crippen LogP contribution in [0.4, 0.5) is 4.79 Å². The van der Waals surface area contributed by atoms with Gasteiger partial charge in [-0.3, -0.25) is 0 Å². The minimum absolute atomic E-state index is 0.0468. The molecule has 0 saturated heterocycles. The predicted octanol–water partition coefficient (Wildman–Crippen LogP) is 9.61. The summed E-state index contributed by atoms with van der Waals surface area (Å²) in [6, 6.07) is 16.6. The molecule has 74 heavy (non-hydrogen) atoms. The van der Waals surface area contributed by atoms with Crippen LogP contribution in [0.1, 0.15) is 120 Å². The van der Waals surface area contributed by atoms with Gasteiger partial charge in [-0.15, -0.1) is 0 Å². The Morgan fingerprint density at radius 2 is 0.595 bits per heavy atom. The van der Waals surface area contributed by atoms with Crippen LogP contribution in [0.5, 0.6) is 0 Å². The van der Waals surface area contributed by atoms with Crippen LogP contribution in [0.3, 0.4) is 0 Å². The fourth-order valence-corrected chi connectivity index (χ4v) is 8.15. The molecule has 0 unspecified atom stereocenters. The topological polar surface area (TPSA) is 158 Å². The van der Waals surface area contributed by atoms with E-state index in [1.54, 1.807) is 0 Å². The maximum Gasteiger partial charge on any atom is 0.407 e. The summed E-state index contributed by atoms with van der Waals surface area (Å²) >= 11 is 0. The van der Waals surface area contributed by atoms with Gasteiger partial charge in [0.1, 0.15) is 6.61 Å². The summed E-state index contributed by atoms with van der Waals surface area (Å²) in [5.41, 5.74) is 4.81. The maximum atomic E-state index is 12.3. The second kappa shape index (κ2) is 51.0. The van der Waals surface area contributed by atoms with Crippen molar-refractivity contribution in [3.05, 3.63) is 59.7 Å². The van der Waals surface area contributed by atoms with E-state index in [0.717, 1.165) is 13.0 Å². The monoisotopic (exact) mass is 1050 g/mol. The second-order valence-corrected chi connectivity index (χ2v) is 18.2. The Labute approximate surface area is 446 Å². The molecular formula is C58H99NO15. The average Bonchev–Trinajstić information content (AvgIpc) is 3.74. The molecule has 2 aromatic carbocycles. The molecule has 0 aliphatic heterocycles. The number of alkyl carbamates (subject to hydrolysis) is 1. The third kappa shape index (κ3) is 37.0. The van der Waals surface area contributed by atoms with Crippen LogP contribution in [-0.4, -0.2) is 191 Å². The van der Waals surface area contributed by atoms with Crippen molar-refractivity contribution in [3.63, 3.8) is 0 Å². The molecule has 0 heterocycles. The van der Waals surface area contributed by atoms with Crippen molar-refractivity contribution in [1.29, 1.82) is 0 Å². The van der Waals surface area contributed by atoms with Gasteiger partial charge in [-0.25, -0.2) is 4.79 Å². The van der Waals surface area contributed by atoms with Crippen molar-refractivity contribution >= 4 is 6.09 Å². The molecule has 3 rings (SSSR count). The van der Waals surface area contributed by atoms with Gasteiger partial charge in [0.15, 0.2) is 0 Å². The SMILES string of the molecule is CCCCCCCCCCCCCCCCOCCOCCOCCOCCOCCOCCOCCOCCOCCOCCOCCOCCOCCCNC(=O)OCC1c2ccccc2-c2ccccc21. The highest BCUT2D eigenvalue weighted by atomic mass is 16.6. The first-order valence-corrected chi connectivity index (χ1v) is 28.4. The Bertz CT molecular complexity index is 1480. The number of benzene rings is 2. The highest BCUT2D eigenvalue weighted by molar-refractivity contribution is 5.79. The van der Waals surface area contributed by atoms with Crippen LogP contribution in [0.25, 0.3) is 11.1 Å². The normalized spacial score (nSPS) is 12.2. The van der Waals surface area contributed by atoms with Crippen LogP contribution in [0, 0.1) is 0 Å². The van der Waals surface area contributed by atoms with E-state index < -0.39 is 6.09 Å². The third-order valence-corrected chi connectivity index (χ3v) is 12.2. The van der Waals surface area contributed by atoms with E-state index in [-0.39, 0.29) is 5.92 Å². The molecule has 0 aromatic heterocycles. The summed E-state index contributed by atoms with van der Waals surface area (Å²) in [5, 5.41) is 2.81. The number of carbonyl (C=O) groups excluding carboxylic acids is 1. The minimum Gasteiger partial charge on any atom is -0.449 e.